The van der Waals surface area contributed by atoms with Crippen LogP contribution in [0.2, 0.25) is 0 Å². The fourth-order valence-electron chi connectivity index (χ4n) is 1.68. The SMILES string of the molecule is COP1(=O)Oc2ccccc2C(=O)C1=C(C)N. The molecule has 17 heavy (non-hydrogen) atoms. The van der Waals surface area contributed by atoms with Crippen LogP contribution in [0.15, 0.2) is 35.3 Å². The van der Waals surface area contributed by atoms with E-state index >= 15 is 0 Å². The molecule has 90 valence electrons. The standard InChI is InChI=1S/C11H12NO4P/c1-7(12)11-10(13)8-5-3-4-6-9(8)16-17(11,14)15-2/h3-6H,12H2,1-2H3. The molecule has 1 unspecified atom stereocenters. The molecule has 1 heterocycles. The van der Waals surface area contributed by atoms with Crippen LogP contribution in [0.3, 0.4) is 0 Å². The molecule has 5 nitrogen and oxygen atoms in total. The van der Waals surface area contributed by atoms with Crippen LogP contribution in [0.1, 0.15) is 17.3 Å². The summed E-state index contributed by atoms with van der Waals surface area (Å²) in [7, 11) is -2.42. The number of hydrogen-bond donors (Lipinski definition) is 1. The van der Waals surface area contributed by atoms with Crippen molar-refractivity contribution in [3.05, 3.63) is 40.8 Å². The number of nitrogens with two attached hydrogens (primary N) is 1. The molecule has 1 aliphatic rings. The van der Waals surface area contributed by atoms with Crippen LogP contribution in [0.25, 0.3) is 0 Å². The Morgan fingerprint density at radius 2 is 2.06 bits per heavy atom. The molecule has 0 saturated heterocycles. The highest BCUT2D eigenvalue weighted by Crippen LogP contribution is 2.60. The molecule has 0 amide bonds. The number of hydrogen-bond acceptors (Lipinski definition) is 5. The van der Waals surface area contributed by atoms with E-state index in [4.69, 9.17) is 14.8 Å². The minimum atomic E-state index is -3.64. The highest BCUT2D eigenvalue weighted by atomic mass is 31.2. The second-order valence-corrected chi connectivity index (χ2v) is 5.62. The number of fused-ring (bicyclic) bond motifs is 1. The lowest BCUT2D eigenvalue weighted by Crippen LogP contribution is -2.19. The van der Waals surface area contributed by atoms with Crippen molar-refractivity contribution in [2.45, 2.75) is 6.92 Å². The van der Waals surface area contributed by atoms with Gasteiger partial charge in [-0.05, 0) is 19.1 Å². The van der Waals surface area contributed by atoms with Crippen molar-refractivity contribution in [3.8, 4) is 5.75 Å². The number of ketones is 1. The zero-order chi connectivity index (χ0) is 12.6. The highest BCUT2D eigenvalue weighted by molar-refractivity contribution is 7.60. The molecule has 1 aromatic carbocycles. The van der Waals surface area contributed by atoms with Gasteiger partial charge in [-0.15, -0.1) is 0 Å². The number of allylic oxidation sites excluding steroid dienone is 2. The number of carbonyl (C=O) groups excluding carboxylic acids is 1. The van der Waals surface area contributed by atoms with E-state index in [9.17, 15) is 9.36 Å². The minimum absolute atomic E-state index is 0.0845. The van der Waals surface area contributed by atoms with Crippen molar-refractivity contribution in [1.82, 2.24) is 0 Å². The number of para-hydroxylation sites is 1. The van der Waals surface area contributed by atoms with E-state index in [2.05, 4.69) is 0 Å². The molecule has 6 heteroatoms. The van der Waals surface area contributed by atoms with Crippen LogP contribution in [-0.4, -0.2) is 12.9 Å². The van der Waals surface area contributed by atoms with E-state index in [1.807, 2.05) is 0 Å². The second-order valence-electron chi connectivity index (χ2n) is 3.63. The molecule has 2 N–H and O–H groups in total. The first-order valence-electron chi connectivity index (χ1n) is 4.95. The molecule has 0 radical (unpaired) electrons. The first-order valence-corrected chi connectivity index (χ1v) is 6.50. The van der Waals surface area contributed by atoms with E-state index in [0.717, 1.165) is 0 Å². The lowest BCUT2D eigenvalue weighted by atomic mass is 10.1. The van der Waals surface area contributed by atoms with Gasteiger partial charge in [0.05, 0.1) is 5.56 Å². The van der Waals surface area contributed by atoms with Gasteiger partial charge in [0.2, 0.25) is 5.78 Å². The topological polar surface area (TPSA) is 78.6 Å². The minimum Gasteiger partial charge on any atom is -0.420 e. The summed E-state index contributed by atoms with van der Waals surface area (Å²) in [6.07, 6.45) is 0. The molecule has 0 saturated carbocycles. The fraction of sp³-hybridized carbons (Fsp3) is 0.182. The van der Waals surface area contributed by atoms with E-state index < -0.39 is 13.4 Å². The van der Waals surface area contributed by atoms with Crippen LogP contribution in [0.5, 0.6) is 5.75 Å². The van der Waals surface area contributed by atoms with Gasteiger partial charge >= 0.3 is 7.60 Å². The Morgan fingerprint density at radius 1 is 1.41 bits per heavy atom. The maximum atomic E-state index is 12.3. The molecule has 0 spiro atoms. The van der Waals surface area contributed by atoms with Gasteiger partial charge in [-0.2, -0.15) is 0 Å². The third kappa shape index (κ3) is 1.77. The molecular formula is C11H12NO4P. The van der Waals surface area contributed by atoms with Gasteiger partial charge in [0.15, 0.2) is 0 Å². The molecule has 1 aliphatic heterocycles. The summed E-state index contributed by atoms with van der Waals surface area (Å²) in [5.74, 6) is -0.148. The zero-order valence-electron chi connectivity index (χ0n) is 9.47. The predicted molar refractivity (Wildman–Crippen MR) is 62.9 cm³/mol. The van der Waals surface area contributed by atoms with Crippen LogP contribution in [0.4, 0.5) is 0 Å². The maximum Gasteiger partial charge on any atom is 0.416 e. The van der Waals surface area contributed by atoms with E-state index in [0.29, 0.717) is 5.56 Å². The zero-order valence-corrected chi connectivity index (χ0v) is 10.4. The normalized spacial score (nSPS) is 26.1. The number of carbonyl (C=O) groups is 1. The lowest BCUT2D eigenvalue weighted by molar-refractivity contribution is 0.102. The maximum absolute atomic E-state index is 12.3. The summed E-state index contributed by atoms with van der Waals surface area (Å²) in [6.45, 7) is 1.50. The Labute approximate surface area is 98.8 Å². The van der Waals surface area contributed by atoms with Crippen molar-refractivity contribution in [1.29, 1.82) is 0 Å². The van der Waals surface area contributed by atoms with E-state index in [1.165, 1.54) is 14.0 Å². The van der Waals surface area contributed by atoms with Crippen molar-refractivity contribution in [2.75, 3.05) is 7.11 Å². The van der Waals surface area contributed by atoms with Crippen LogP contribution in [-0.2, 0) is 9.09 Å². The van der Waals surface area contributed by atoms with Gasteiger partial charge in [-0.1, -0.05) is 12.1 Å². The Hall–Kier alpha value is -1.58. The van der Waals surface area contributed by atoms with Crippen molar-refractivity contribution in [2.24, 2.45) is 5.73 Å². The predicted octanol–water partition coefficient (Wildman–Crippen LogP) is 2.29. The molecule has 1 atom stereocenters. The average molecular weight is 253 g/mol. The van der Waals surface area contributed by atoms with Crippen molar-refractivity contribution in [3.63, 3.8) is 0 Å². The van der Waals surface area contributed by atoms with Crippen LogP contribution < -0.4 is 10.3 Å². The van der Waals surface area contributed by atoms with Crippen molar-refractivity contribution < 1.29 is 18.4 Å². The summed E-state index contributed by atoms with van der Waals surface area (Å²) in [4.78, 5) is 12.2. The van der Waals surface area contributed by atoms with Crippen LogP contribution >= 0.6 is 7.60 Å². The smallest absolute Gasteiger partial charge is 0.416 e. The average Bonchev–Trinajstić information content (AvgIpc) is 2.28. The van der Waals surface area contributed by atoms with E-state index in [-0.39, 0.29) is 16.8 Å². The van der Waals surface area contributed by atoms with Crippen LogP contribution in [0, 0.1) is 0 Å². The molecule has 0 fully saturated rings. The Kier molecular flexibility index (Phi) is 2.81. The summed E-state index contributed by atoms with van der Waals surface area (Å²) in [6, 6.07) is 6.56. The quantitative estimate of drug-likeness (QED) is 0.613. The second kappa shape index (κ2) is 4.02. The number of Topliss-reactive ketones (excluding diaryl/α,β-unsaturated/α-hetero) is 1. The van der Waals surface area contributed by atoms with Gasteiger partial charge < -0.3 is 10.3 Å². The monoisotopic (exact) mass is 253 g/mol. The Balaban J connectivity index is 2.70. The summed E-state index contributed by atoms with van der Waals surface area (Å²) < 4.78 is 22.5. The molecule has 0 aromatic heterocycles. The van der Waals surface area contributed by atoms with Gasteiger partial charge in [0.25, 0.3) is 0 Å². The molecule has 0 bridgehead atoms. The lowest BCUT2D eigenvalue weighted by Gasteiger charge is -2.26. The molecule has 2 rings (SSSR count). The molecule has 0 aliphatic carbocycles. The molecule has 1 aromatic rings. The van der Waals surface area contributed by atoms with E-state index in [1.54, 1.807) is 24.3 Å². The van der Waals surface area contributed by atoms with Gasteiger partial charge in [-0.3, -0.25) is 9.32 Å². The first kappa shape index (κ1) is 11.9. The largest absolute Gasteiger partial charge is 0.420 e. The Morgan fingerprint density at radius 3 is 2.65 bits per heavy atom. The summed E-state index contributed by atoms with van der Waals surface area (Å²) in [5.41, 5.74) is 6.08. The van der Waals surface area contributed by atoms with Gasteiger partial charge in [-0.25, -0.2) is 4.57 Å². The highest BCUT2D eigenvalue weighted by Gasteiger charge is 2.43. The third-order valence-electron chi connectivity index (χ3n) is 2.45. The summed E-state index contributed by atoms with van der Waals surface area (Å²) >= 11 is 0. The van der Waals surface area contributed by atoms with Gasteiger partial charge in [0.1, 0.15) is 11.1 Å². The first-order chi connectivity index (χ1) is 7.99. The Bertz CT molecular complexity index is 560. The fourth-order valence-corrected chi connectivity index (χ4v) is 3.25. The number of rotatable bonds is 1. The molecular weight excluding hydrogens is 241 g/mol. The third-order valence-corrected chi connectivity index (χ3v) is 4.47. The van der Waals surface area contributed by atoms with Gasteiger partial charge in [0, 0.05) is 12.8 Å². The number of benzene rings is 1. The summed E-state index contributed by atoms with van der Waals surface area (Å²) in [5, 5.41) is -0.0845. The van der Waals surface area contributed by atoms with Crippen molar-refractivity contribution >= 4 is 13.4 Å².